The molecule has 0 saturated heterocycles. The summed E-state index contributed by atoms with van der Waals surface area (Å²) >= 11 is 5.74. The number of rotatable bonds is 5. The Labute approximate surface area is 108 Å². The Hall–Kier alpha value is -0.580. The standard InChI is InChI=1S/C12H18ClNO2S/c1-9(2)10(3)14-17(15,16)8-11-4-6-12(13)7-5-11/h4-7,9-10,14H,8H2,1-3H3/t10-/m0/s1. The van der Waals surface area contributed by atoms with E-state index in [0.29, 0.717) is 5.02 Å². The van der Waals surface area contributed by atoms with E-state index in [1.807, 2.05) is 20.8 Å². The fourth-order valence-electron chi connectivity index (χ4n) is 1.26. The van der Waals surface area contributed by atoms with Crippen LogP contribution in [0.25, 0.3) is 0 Å². The van der Waals surface area contributed by atoms with Gasteiger partial charge in [-0.15, -0.1) is 0 Å². The second-order valence-corrected chi connectivity index (χ2v) is 6.73. The van der Waals surface area contributed by atoms with Gasteiger partial charge in [0.15, 0.2) is 0 Å². The van der Waals surface area contributed by atoms with Gasteiger partial charge < -0.3 is 0 Å². The van der Waals surface area contributed by atoms with Crippen molar-refractivity contribution in [1.82, 2.24) is 4.72 Å². The lowest BCUT2D eigenvalue weighted by atomic mass is 10.1. The van der Waals surface area contributed by atoms with E-state index in [1.165, 1.54) is 0 Å². The van der Waals surface area contributed by atoms with Crippen molar-refractivity contribution < 1.29 is 8.42 Å². The predicted octanol–water partition coefficient (Wildman–Crippen LogP) is 2.80. The van der Waals surface area contributed by atoms with Crippen molar-refractivity contribution >= 4 is 21.6 Å². The molecule has 3 nitrogen and oxygen atoms in total. The summed E-state index contributed by atoms with van der Waals surface area (Å²) in [4.78, 5) is 0. The molecule has 0 saturated carbocycles. The molecule has 0 spiro atoms. The zero-order valence-corrected chi connectivity index (χ0v) is 11.8. The number of hydrogen-bond acceptors (Lipinski definition) is 2. The molecule has 0 aliphatic carbocycles. The lowest BCUT2D eigenvalue weighted by Crippen LogP contribution is -2.36. The molecule has 1 aromatic carbocycles. The Morgan fingerprint density at radius 1 is 1.18 bits per heavy atom. The molecule has 1 aromatic rings. The molecule has 1 atom stereocenters. The van der Waals surface area contributed by atoms with Gasteiger partial charge in [-0.2, -0.15) is 0 Å². The van der Waals surface area contributed by atoms with Gasteiger partial charge in [-0.1, -0.05) is 37.6 Å². The molecule has 17 heavy (non-hydrogen) atoms. The number of sulfonamides is 1. The van der Waals surface area contributed by atoms with Crippen LogP contribution < -0.4 is 4.72 Å². The molecular weight excluding hydrogens is 258 g/mol. The first-order chi connectivity index (χ1) is 7.80. The SMILES string of the molecule is CC(C)[C@H](C)NS(=O)(=O)Cc1ccc(Cl)cc1. The van der Waals surface area contributed by atoms with Crippen molar-refractivity contribution in [3.63, 3.8) is 0 Å². The lowest BCUT2D eigenvalue weighted by Gasteiger charge is -2.17. The Kier molecular flexibility index (Phi) is 4.98. The van der Waals surface area contributed by atoms with Crippen molar-refractivity contribution in [3.8, 4) is 0 Å². The molecule has 0 amide bonds. The third kappa shape index (κ3) is 5.06. The van der Waals surface area contributed by atoms with Crippen LogP contribution in [0.1, 0.15) is 26.3 Å². The normalized spacial score (nSPS) is 13.9. The molecule has 0 bridgehead atoms. The Morgan fingerprint density at radius 2 is 1.71 bits per heavy atom. The Balaban J connectivity index is 2.70. The van der Waals surface area contributed by atoms with Crippen LogP contribution >= 0.6 is 11.6 Å². The van der Waals surface area contributed by atoms with Crippen LogP contribution in [-0.4, -0.2) is 14.5 Å². The molecule has 0 unspecified atom stereocenters. The average Bonchev–Trinajstić information content (AvgIpc) is 2.20. The summed E-state index contributed by atoms with van der Waals surface area (Å²) in [7, 11) is -3.28. The van der Waals surface area contributed by atoms with Crippen molar-refractivity contribution in [3.05, 3.63) is 34.9 Å². The topological polar surface area (TPSA) is 46.2 Å². The van der Waals surface area contributed by atoms with Gasteiger partial charge in [0, 0.05) is 11.1 Å². The highest BCUT2D eigenvalue weighted by molar-refractivity contribution is 7.88. The summed E-state index contributed by atoms with van der Waals surface area (Å²) in [5.74, 6) is 0.260. The molecule has 0 heterocycles. The first kappa shape index (κ1) is 14.5. The minimum absolute atomic E-state index is 0.0127. The van der Waals surface area contributed by atoms with E-state index in [9.17, 15) is 8.42 Å². The minimum atomic E-state index is -3.28. The highest BCUT2D eigenvalue weighted by atomic mass is 35.5. The fraction of sp³-hybridized carbons (Fsp3) is 0.500. The van der Waals surface area contributed by atoms with Crippen molar-refractivity contribution in [1.29, 1.82) is 0 Å². The van der Waals surface area contributed by atoms with Crippen LogP contribution in [-0.2, 0) is 15.8 Å². The van der Waals surface area contributed by atoms with E-state index in [0.717, 1.165) is 5.56 Å². The molecule has 96 valence electrons. The minimum Gasteiger partial charge on any atom is -0.212 e. The first-order valence-corrected chi connectivity index (χ1v) is 7.57. The summed E-state index contributed by atoms with van der Waals surface area (Å²) in [5.41, 5.74) is 0.734. The van der Waals surface area contributed by atoms with Gasteiger partial charge in [0.05, 0.1) is 5.75 Å². The maximum absolute atomic E-state index is 11.9. The molecule has 0 aliphatic rings. The maximum atomic E-state index is 11.9. The third-order valence-electron chi connectivity index (χ3n) is 2.64. The summed E-state index contributed by atoms with van der Waals surface area (Å²) in [5, 5.41) is 0.606. The summed E-state index contributed by atoms with van der Waals surface area (Å²) in [6.07, 6.45) is 0. The average molecular weight is 276 g/mol. The molecule has 0 aromatic heterocycles. The monoisotopic (exact) mass is 275 g/mol. The van der Waals surface area contributed by atoms with Gasteiger partial charge in [-0.3, -0.25) is 0 Å². The van der Waals surface area contributed by atoms with Crippen LogP contribution in [0.4, 0.5) is 0 Å². The van der Waals surface area contributed by atoms with Gasteiger partial charge in [-0.25, -0.2) is 13.1 Å². The van der Waals surface area contributed by atoms with E-state index in [4.69, 9.17) is 11.6 Å². The number of halogens is 1. The van der Waals surface area contributed by atoms with E-state index >= 15 is 0 Å². The number of hydrogen-bond donors (Lipinski definition) is 1. The summed E-state index contributed by atoms with van der Waals surface area (Å²) in [6, 6.07) is 6.77. The van der Waals surface area contributed by atoms with Crippen LogP contribution in [0.3, 0.4) is 0 Å². The lowest BCUT2D eigenvalue weighted by molar-refractivity contribution is 0.476. The van der Waals surface area contributed by atoms with Crippen LogP contribution in [0.2, 0.25) is 5.02 Å². The highest BCUT2D eigenvalue weighted by Crippen LogP contribution is 2.12. The largest absolute Gasteiger partial charge is 0.216 e. The first-order valence-electron chi connectivity index (χ1n) is 5.54. The Bertz CT molecular complexity index is 454. The van der Waals surface area contributed by atoms with E-state index in [2.05, 4.69) is 4.72 Å². The van der Waals surface area contributed by atoms with Gasteiger partial charge in [-0.05, 0) is 30.5 Å². The zero-order valence-electron chi connectivity index (χ0n) is 10.3. The molecule has 0 radical (unpaired) electrons. The van der Waals surface area contributed by atoms with Gasteiger partial charge in [0.25, 0.3) is 0 Å². The molecule has 0 aliphatic heterocycles. The molecule has 5 heteroatoms. The third-order valence-corrected chi connectivity index (χ3v) is 4.33. The fourth-order valence-corrected chi connectivity index (χ4v) is 2.94. The van der Waals surface area contributed by atoms with Crippen molar-refractivity contribution in [2.75, 3.05) is 0 Å². The smallest absolute Gasteiger partial charge is 0.212 e. The van der Waals surface area contributed by atoms with Gasteiger partial charge >= 0.3 is 0 Å². The summed E-state index contributed by atoms with van der Waals surface area (Å²) in [6.45, 7) is 5.83. The summed E-state index contributed by atoms with van der Waals surface area (Å²) < 4.78 is 26.4. The van der Waals surface area contributed by atoms with Gasteiger partial charge in [0.1, 0.15) is 0 Å². The van der Waals surface area contributed by atoms with E-state index < -0.39 is 10.0 Å². The Morgan fingerprint density at radius 3 is 2.18 bits per heavy atom. The maximum Gasteiger partial charge on any atom is 0.216 e. The molecule has 1 N–H and O–H groups in total. The van der Waals surface area contributed by atoms with Gasteiger partial charge in [0.2, 0.25) is 10.0 Å². The van der Waals surface area contributed by atoms with Crippen molar-refractivity contribution in [2.45, 2.75) is 32.6 Å². The van der Waals surface area contributed by atoms with Crippen molar-refractivity contribution in [2.24, 2.45) is 5.92 Å². The zero-order chi connectivity index (χ0) is 13.1. The molecular formula is C12H18ClNO2S. The van der Waals surface area contributed by atoms with Crippen LogP contribution in [0, 0.1) is 5.92 Å². The molecule has 1 rings (SSSR count). The second kappa shape index (κ2) is 5.85. The van der Waals surface area contributed by atoms with Crippen LogP contribution in [0.5, 0.6) is 0 Å². The van der Waals surface area contributed by atoms with E-state index in [-0.39, 0.29) is 17.7 Å². The van der Waals surface area contributed by atoms with E-state index in [1.54, 1.807) is 24.3 Å². The number of nitrogens with one attached hydrogen (secondary N) is 1. The second-order valence-electron chi connectivity index (χ2n) is 4.54. The predicted molar refractivity (Wildman–Crippen MR) is 71.5 cm³/mol. The molecule has 0 fully saturated rings. The quantitative estimate of drug-likeness (QED) is 0.898. The van der Waals surface area contributed by atoms with Crippen LogP contribution in [0.15, 0.2) is 24.3 Å². The highest BCUT2D eigenvalue weighted by Gasteiger charge is 2.17. The number of benzene rings is 1.